The minimum absolute atomic E-state index is 0.0490. The normalized spacial score (nSPS) is 12.2. The average Bonchev–Trinajstić information content (AvgIpc) is 2.67. The number of nitrogens with zero attached hydrogens (tertiary/aromatic N) is 3. The average molecular weight is 377 g/mol. The van der Waals surface area contributed by atoms with Gasteiger partial charge in [0.15, 0.2) is 5.82 Å². The number of rotatable bonds is 7. The zero-order chi connectivity index (χ0) is 20.1. The summed E-state index contributed by atoms with van der Waals surface area (Å²) in [5, 5.41) is 0. The van der Waals surface area contributed by atoms with Crippen LogP contribution >= 0.6 is 0 Å². The molecular weight excluding hydrogens is 350 g/mol. The van der Waals surface area contributed by atoms with Gasteiger partial charge in [-0.25, -0.2) is 9.97 Å². The highest BCUT2D eigenvalue weighted by Crippen LogP contribution is 2.21. The second kappa shape index (κ2) is 8.83. The van der Waals surface area contributed by atoms with Crippen LogP contribution in [0.25, 0.3) is 0 Å². The van der Waals surface area contributed by atoms with Crippen molar-refractivity contribution in [2.75, 3.05) is 0 Å². The van der Waals surface area contributed by atoms with Crippen LogP contribution < -0.4 is 10.3 Å². The lowest BCUT2D eigenvalue weighted by atomic mass is 9.99. The molecule has 2 heterocycles. The highest BCUT2D eigenvalue weighted by molar-refractivity contribution is 5.29. The maximum Gasteiger partial charge on any atom is 0.254 e. The Morgan fingerprint density at radius 2 is 1.71 bits per heavy atom. The molecule has 3 aromatic rings. The molecule has 0 amide bonds. The summed E-state index contributed by atoms with van der Waals surface area (Å²) in [6.45, 7) is 8.64. The molecule has 0 spiro atoms. The zero-order valence-corrected chi connectivity index (χ0v) is 16.9. The monoisotopic (exact) mass is 377 g/mol. The van der Waals surface area contributed by atoms with Crippen molar-refractivity contribution in [2.45, 2.75) is 46.8 Å². The SMILES string of the molecule is Cc1cc(OCc2ncccn2)cc(=O)n1C(C)c1ccc(CC(C)C)cc1. The van der Waals surface area contributed by atoms with Crippen LogP contribution in [0.2, 0.25) is 0 Å². The summed E-state index contributed by atoms with van der Waals surface area (Å²) in [7, 11) is 0. The van der Waals surface area contributed by atoms with Crippen molar-refractivity contribution in [2.24, 2.45) is 5.92 Å². The lowest BCUT2D eigenvalue weighted by molar-refractivity contribution is 0.294. The maximum absolute atomic E-state index is 12.8. The third-order valence-electron chi connectivity index (χ3n) is 4.71. The Bertz CT molecular complexity index is 963. The van der Waals surface area contributed by atoms with Crippen molar-refractivity contribution in [3.05, 3.63) is 87.9 Å². The third kappa shape index (κ3) is 4.85. The molecule has 0 aliphatic carbocycles. The van der Waals surface area contributed by atoms with Gasteiger partial charge < -0.3 is 9.30 Å². The van der Waals surface area contributed by atoms with Crippen molar-refractivity contribution >= 4 is 0 Å². The lowest BCUT2D eigenvalue weighted by Crippen LogP contribution is -2.25. The van der Waals surface area contributed by atoms with Gasteiger partial charge in [-0.05, 0) is 49.4 Å². The summed E-state index contributed by atoms with van der Waals surface area (Å²) in [5.74, 6) is 1.74. The molecule has 28 heavy (non-hydrogen) atoms. The molecule has 0 saturated carbocycles. The highest BCUT2D eigenvalue weighted by Gasteiger charge is 2.14. The molecule has 0 radical (unpaired) electrons. The molecule has 1 aromatic carbocycles. The predicted molar refractivity (Wildman–Crippen MR) is 111 cm³/mol. The molecule has 1 atom stereocenters. The Hall–Kier alpha value is -2.95. The fraction of sp³-hybridized carbons (Fsp3) is 0.348. The number of benzene rings is 1. The molecule has 0 N–H and O–H groups in total. The molecule has 5 heteroatoms. The van der Waals surface area contributed by atoms with Crippen LogP contribution in [0.3, 0.4) is 0 Å². The van der Waals surface area contributed by atoms with Gasteiger partial charge in [-0.2, -0.15) is 0 Å². The Morgan fingerprint density at radius 1 is 1.04 bits per heavy atom. The number of aryl methyl sites for hydroxylation is 1. The van der Waals surface area contributed by atoms with E-state index in [4.69, 9.17) is 4.74 Å². The van der Waals surface area contributed by atoms with Gasteiger partial charge in [0, 0.05) is 24.2 Å². The van der Waals surface area contributed by atoms with Crippen LogP contribution in [0.1, 0.15) is 49.5 Å². The second-order valence-corrected chi connectivity index (χ2v) is 7.51. The molecule has 0 bridgehead atoms. The first-order valence-corrected chi connectivity index (χ1v) is 9.64. The first-order valence-electron chi connectivity index (χ1n) is 9.64. The Kier molecular flexibility index (Phi) is 6.24. The van der Waals surface area contributed by atoms with Crippen molar-refractivity contribution in [3.8, 4) is 5.75 Å². The first-order chi connectivity index (χ1) is 13.4. The lowest BCUT2D eigenvalue weighted by Gasteiger charge is -2.20. The van der Waals surface area contributed by atoms with Gasteiger partial charge >= 0.3 is 0 Å². The minimum Gasteiger partial charge on any atom is -0.485 e. The van der Waals surface area contributed by atoms with E-state index in [2.05, 4.69) is 48.1 Å². The van der Waals surface area contributed by atoms with Gasteiger partial charge in [0.05, 0.1) is 6.04 Å². The van der Waals surface area contributed by atoms with Crippen LogP contribution in [0.15, 0.2) is 59.7 Å². The summed E-state index contributed by atoms with van der Waals surface area (Å²) in [4.78, 5) is 21.0. The van der Waals surface area contributed by atoms with Gasteiger partial charge in [-0.15, -0.1) is 0 Å². The summed E-state index contributed by atoms with van der Waals surface area (Å²) >= 11 is 0. The number of pyridine rings is 1. The fourth-order valence-corrected chi connectivity index (χ4v) is 3.37. The molecule has 0 saturated heterocycles. The smallest absolute Gasteiger partial charge is 0.254 e. The molecule has 5 nitrogen and oxygen atoms in total. The van der Waals surface area contributed by atoms with Crippen molar-refractivity contribution in [3.63, 3.8) is 0 Å². The quantitative estimate of drug-likeness (QED) is 0.615. The van der Waals surface area contributed by atoms with E-state index >= 15 is 0 Å². The van der Waals surface area contributed by atoms with E-state index in [9.17, 15) is 4.79 Å². The molecule has 146 valence electrons. The van der Waals surface area contributed by atoms with E-state index in [-0.39, 0.29) is 18.2 Å². The van der Waals surface area contributed by atoms with Crippen LogP contribution in [0, 0.1) is 12.8 Å². The highest BCUT2D eigenvalue weighted by atomic mass is 16.5. The zero-order valence-electron chi connectivity index (χ0n) is 16.9. The molecular formula is C23H27N3O2. The fourth-order valence-electron chi connectivity index (χ4n) is 3.37. The van der Waals surface area contributed by atoms with E-state index in [0.29, 0.717) is 17.5 Å². The van der Waals surface area contributed by atoms with Crippen molar-refractivity contribution < 1.29 is 4.74 Å². The van der Waals surface area contributed by atoms with Crippen LogP contribution in [-0.4, -0.2) is 14.5 Å². The first kappa shape index (κ1) is 19.8. The third-order valence-corrected chi connectivity index (χ3v) is 4.71. The molecule has 3 rings (SSSR count). The van der Waals surface area contributed by atoms with E-state index < -0.39 is 0 Å². The minimum atomic E-state index is -0.0808. The molecule has 0 fully saturated rings. The second-order valence-electron chi connectivity index (χ2n) is 7.51. The predicted octanol–water partition coefficient (Wildman–Crippen LogP) is 4.33. The molecule has 1 unspecified atom stereocenters. The number of hydrogen-bond acceptors (Lipinski definition) is 4. The van der Waals surface area contributed by atoms with E-state index in [0.717, 1.165) is 17.7 Å². The summed E-state index contributed by atoms with van der Waals surface area (Å²) in [6, 6.07) is 13.7. The molecule has 0 aliphatic heterocycles. The van der Waals surface area contributed by atoms with Crippen molar-refractivity contribution in [1.82, 2.24) is 14.5 Å². The van der Waals surface area contributed by atoms with Crippen molar-refractivity contribution in [1.29, 1.82) is 0 Å². The van der Waals surface area contributed by atoms with Gasteiger partial charge in [0.25, 0.3) is 5.56 Å². The topological polar surface area (TPSA) is 57.0 Å². The van der Waals surface area contributed by atoms with Gasteiger partial charge in [0.2, 0.25) is 0 Å². The van der Waals surface area contributed by atoms with Gasteiger partial charge in [-0.1, -0.05) is 38.1 Å². The van der Waals surface area contributed by atoms with Crippen LogP contribution in [0.5, 0.6) is 5.75 Å². The Balaban J connectivity index is 1.77. The van der Waals surface area contributed by atoms with Crippen LogP contribution in [0.4, 0.5) is 0 Å². The van der Waals surface area contributed by atoms with E-state index in [1.54, 1.807) is 23.0 Å². The number of ether oxygens (including phenoxy) is 1. The van der Waals surface area contributed by atoms with Crippen LogP contribution in [-0.2, 0) is 13.0 Å². The number of aromatic nitrogens is 3. The largest absolute Gasteiger partial charge is 0.485 e. The standard InChI is InChI=1S/C23H27N3O2/c1-16(2)12-19-6-8-20(9-7-19)18(4)26-17(3)13-21(14-23(26)27)28-15-22-24-10-5-11-25-22/h5-11,13-14,16,18H,12,15H2,1-4H3. The van der Waals surface area contributed by atoms with E-state index in [1.807, 2.05) is 19.9 Å². The maximum atomic E-state index is 12.8. The Morgan fingerprint density at radius 3 is 2.32 bits per heavy atom. The summed E-state index contributed by atoms with van der Waals surface area (Å²) < 4.78 is 7.50. The summed E-state index contributed by atoms with van der Waals surface area (Å²) in [5.41, 5.74) is 3.21. The van der Waals surface area contributed by atoms with Gasteiger partial charge in [0.1, 0.15) is 12.4 Å². The Labute approximate surface area is 166 Å². The molecule has 0 aliphatic rings. The summed E-state index contributed by atoms with van der Waals surface area (Å²) in [6.07, 6.45) is 4.40. The van der Waals surface area contributed by atoms with E-state index in [1.165, 1.54) is 11.6 Å². The molecule has 2 aromatic heterocycles. The van der Waals surface area contributed by atoms with Gasteiger partial charge in [-0.3, -0.25) is 4.79 Å². The number of hydrogen-bond donors (Lipinski definition) is 0.